The smallest absolute Gasteiger partial charge is 0.0971 e. The molecule has 0 aromatic heterocycles. The van der Waals surface area contributed by atoms with Crippen LogP contribution < -0.4 is 5.11 Å². The number of hydrogen-bond donors (Lipinski definition) is 0. The zero-order chi connectivity index (χ0) is 13.9. The van der Waals surface area contributed by atoms with Gasteiger partial charge in [0.15, 0.2) is 0 Å². The zero-order valence-corrected chi connectivity index (χ0v) is 12.6. The second-order valence-electron chi connectivity index (χ2n) is 4.75. The highest BCUT2D eigenvalue weighted by atomic mass is 32.2. The molecule has 0 unspecified atom stereocenters. The van der Waals surface area contributed by atoms with Crippen molar-refractivity contribution < 1.29 is 14.4 Å². The molecule has 1 saturated heterocycles. The van der Waals surface area contributed by atoms with Crippen LogP contribution in [0.4, 0.5) is 0 Å². The van der Waals surface area contributed by atoms with Gasteiger partial charge in [-0.1, -0.05) is 6.58 Å². The normalized spacial score (nSPS) is 17.4. The summed E-state index contributed by atoms with van der Waals surface area (Å²) in [7, 11) is 0. The van der Waals surface area contributed by atoms with Crippen LogP contribution in [-0.4, -0.2) is 48.6 Å². The Bertz CT molecular complexity index is 238. The van der Waals surface area contributed by atoms with E-state index in [1.165, 1.54) is 61.7 Å². The van der Waals surface area contributed by atoms with Crippen LogP contribution in [-0.2, 0) is 4.79 Å². The van der Waals surface area contributed by atoms with E-state index in [0.717, 1.165) is 0 Å². The van der Waals surface area contributed by atoms with Gasteiger partial charge in [0.25, 0.3) is 0 Å². The van der Waals surface area contributed by atoms with E-state index in [4.69, 9.17) is 0 Å². The average Bonchev–Trinajstić information content (AvgIpc) is 2.38. The molecule has 1 aliphatic heterocycles. The number of carboxylic acid groups (broad SMARTS) is 1. The van der Waals surface area contributed by atoms with E-state index in [0.29, 0.717) is 5.75 Å². The maximum absolute atomic E-state index is 9.63. The lowest BCUT2D eigenvalue weighted by Gasteiger charge is -2.39. The number of piperidine rings is 1. The van der Waals surface area contributed by atoms with Gasteiger partial charge in [0.1, 0.15) is 0 Å². The van der Waals surface area contributed by atoms with Crippen molar-refractivity contribution in [2.45, 2.75) is 32.6 Å². The monoisotopic (exact) mass is 273 g/mol. The molecule has 0 atom stereocenters. The molecule has 1 heterocycles. The average molecular weight is 273 g/mol. The molecule has 0 N–H and O–H groups in total. The lowest BCUT2D eigenvalue weighted by atomic mass is 10.1. The summed E-state index contributed by atoms with van der Waals surface area (Å²) in [6, 6.07) is 0. The molecule has 1 rings (SSSR count). The fraction of sp³-hybridized carbons (Fsp3) is 0.786. The fourth-order valence-corrected chi connectivity index (χ4v) is 2.64. The lowest BCUT2D eigenvalue weighted by Crippen LogP contribution is -2.51. The van der Waals surface area contributed by atoms with Crippen LogP contribution in [0.15, 0.2) is 12.7 Å². The molecular weight excluding hydrogens is 246 g/mol. The van der Waals surface area contributed by atoms with Gasteiger partial charge in [0, 0.05) is 5.97 Å². The van der Waals surface area contributed by atoms with Crippen molar-refractivity contribution in [3.05, 3.63) is 12.7 Å². The number of carbonyl (C=O) groups is 1. The fourth-order valence-electron chi connectivity index (χ4n) is 2.27. The van der Waals surface area contributed by atoms with Gasteiger partial charge in [-0.25, -0.2) is 0 Å². The van der Waals surface area contributed by atoms with Gasteiger partial charge in [0.2, 0.25) is 0 Å². The van der Waals surface area contributed by atoms with Crippen LogP contribution in [0.25, 0.3) is 0 Å². The summed E-state index contributed by atoms with van der Waals surface area (Å²) < 4.78 is 1.30. The van der Waals surface area contributed by atoms with Crippen LogP contribution in [0.5, 0.6) is 0 Å². The number of rotatable bonds is 6. The largest absolute Gasteiger partial charge is 0.550 e. The van der Waals surface area contributed by atoms with Gasteiger partial charge in [-0.3, -0.25) is 0 Å². The number of nitrogens with zero attached hydrogens (tertiary/aromatic N) is 1. The minimum absolute atomic E-state index is 0.168. The Morgan fingerprint density at radius 1 is 1.39 bits per heavy atom. The molecule has 106 valence electrons. The van der Waals surface area contributed by atoms with Gasteiger partial charge in [-0.15, -0.1) is 0 Å². The molecule has 0 aromatic carbocycles. The molecule has 0 aliphatic carbocycles. The quantitative estimate of drug-likeness (QED) is 0.546. The molecule has 3 nitrogen and oxygen atoms in total. The second kappa shape index (κ2) is 10.4. The van der Waals surface area contributed by atoms with Gasteiger partial charge < -0.3 is 14.4 Å². The zero-order valence-electron chi connectivity index (χ0n) is 11.8. The summed E-state index contributed by atoms with van der Waals surface area (Å²) in [5.41, 5.74) is 0. The van der Waals surface area contributed by atoms with Crippen molar-refractivity contribution in [1.29, 1.82) is 0 Å². The Kier molecular flexibility index (Phi) is 10.2. The maximum atomic E-state index is 9.63. The highest BCUT2D eigenvalue weighted by molar-refractivity contribution is 7.98. The molecule has 0 saturated carbocycles. The summed E-state index contributed by atoms with van der Waals surface area (Å²) in [6.45, 7) is 11.3. The number of aliphatic carboxylic acids is 1. The molecule has 1 fully saturated rings. The second-order valence-corrected chi connectivity index (χ2v) is 5.74. The van der Waals surface area contributed by atoms with Crippen molar-refractivity contribution in [3.63, 3.8) is 0 Å². The van der Waals surface area contributed by atoms with E-state index in [1.807, 2.05) is 6.26 Å². The molecule has 0 aromatic rings. The van der Waals surface area contributed by atoms with Gasteiger partial charge in [-0.2, -0.15) is 11.8 Å². The number of likely N-dealkylation sites (tertiary alicyclic amines) is 1. The predicted octanol–water partition coefficient (Wildman–Crippen LogP) is 1.68. The Labute approximate surface area is 116 Å². The van der Waals surface area contributed by atoms with Gasteiger partial charge in [0.05, 0.1) is 26.2 Å². The molecule has 0 spiro atoms. The van der Waals surface area contributed by atoms with E-state index < -0.39 is 5.97 Å². The molecule has 0 amide bonds. The van der Waals surface area contributed by atoms with E-state index >= 15 is 0 Å². The van der Waals surface area contributed by atoms with Crippen molar-refractivity contribution in [2.75, 3.05) is 38.2 Å². The highest BCUT2D eigenvalue weighted by Gasteiger charge is 2.25. The maximum Gasteiger partial charge on any atom is 0.0971 e. The molecular formula is C14H27NO2S. The van der Waals surface area contributed by atoms with Crippen molar-refractivity contribution >= 4 is 17.7 Å². The van der Waals surface area contributed by atoms with Gasteiger partial charge in [-0.05, 0) is 50.7 Å². The Morgan fingerprint density at radius 2 is 2.00 bits per heavy atom. The number of quaternary nitrogens is 1. The molecule has 1 aliphatic rings. The number of carboxylic acids is 1. The van der Waals surface area contributed by atoms with Gasteiger partial charge >= 0.3 is 0 Å². The van der Waals surface area contributed by atoms with Crippen molar-refractivity contribution in [1.82, 2.24) is 0 Å². The lowest BCUT2D eigenvalue weighted by molar-refractivity contribution is -0.925. The Balaban J connectivity index is 0.000000360. The topological polar surface area (TPSA) is 40.1 Å². The third kappa shape index (κ3) is 7.77. The number of likely N-dealkylation sites (N-methyl/N-ethyl adjacent to an activating group) is 1. The SMILES string of the molecule is C=CC[N+]1(CC)CCCCC1.CSCCC(=O)[O-]. The standard InChI is InChI=1S/C10H20N.C4H8O2S/c1-3-8-11(4-2)9-6-5-7-10-11;1-7-3-2-4(5)6/h3H,1,4-10H2,2H3;2-3H2,1H3,(H,5,6)/q+1;/p-1. The molecule has 18 heavy (non-hydrogen) atoms. The van der Waals surface area contributed by atoms with Crippen molar-refractivity contribution in [3.8, 4) is 0 Å². The first-order valence-electron chi connectivity index (χ1n) is 6.75. The Hall–Kier alpha value is -0.480. The third-order valence-corrected chi connectivity index (χ3v) is 4.07. The van der Waals surface area contributed by atoms with Crippen LogP contribution in [0.1, 0.15) is 32.6 Å². The third-order valence-electron chi connectivity index (χ3n) is 3.46. The van der Waals surface area contributed by atoms with E-state index in [9.17, 15) is 9.90 Å². The van der Waals surface area contributed by atoms with E-state index in [2.05, 4.69) is 19.6 Å². The minimum Gasteiger partial charge on any atom is -0.550 e. The minimum atomic E-state index is -0.964. The summed E-state index contributed by atoms with van der Waals surface area (Å²) in [5.74, 6) is -0.308. The molecule has 0 radical (unpaired) electrons. The van der Waals surface area contributed by atoms with Crippen LogP contribution in [0.3, 0.4) is 0 Å². The summed E-state index contributed by atoms with van der Waals surface area (Å²) in [4.78, 5) is 9.63. The van der Waals surface area contributed by atoms with Crippen LogP contribution >= 0.6 is 11.8 Å². The summed E-state index contributed by atoms with van der Waals surface area (Å²) in [6.07, 6.45) is 8.39. The number of hydrogen-bond acceptors (Lipinski definition) is 3. The summed E-state index contributed by atoms with van der Waals surface area (Å²) in [5, 5.41) is 9.63. The summed E-state index contributed by atoms with van der Waals surface area (Å²) >= 11 is 1.51. The molecule has 4 heteroatoms. The Morgan fingerprint density at radius 3 is 2.33 bits per heavy atom. The van der Waals surface area contributed by atoms with Crippen LogP contribution in [0.2, 0.25) is 0 Å². The predicted molar refractivity (Wildman–Crippen MR) is 77.5 cm³/mol. The first-order valence-corrected chi connectivity index (χ1v) is 8.14. The first-order chi connectivity index (χ1) is 8.60. The first kappa shape index (κ1) is 17.5. The molecule has 0 bridgehead atoms. The van der Waals surface area contributed by atoms with Crippen LogP contribution in [0, 0.1) is 0 Å². The highest BCUT2D eigenvalue weighted by Crippen LogP contribution is 2.17. The van der Waals surface area contributed by atoms with Crippen molar-refractivity contribution in [2.24, 2.45) is 0 Å². The number of carbonyl (C=O) groups excluding carboxylic acids is 1. The number of thioether (sulfide) groups is 1. The van der Waals surface area contributed by atoms with E-state index in [-0.39, 0.29) is 6.42 Å². The van der Waals surface area contributed by atoms with E-state index in [1.54, 1.807) is 0 Å².